The highest BCUT2D eigenvalue weighted by Crippen LogP contribution is 2.27. The summed E-state index contributed by atoms with van der Waals surface area (Å²) in [6.45, 7) is 0.548. The Kier molecular flexibility index (Phi) is 3.71. The zero-order valence-corrected chi connectivity index (χ0v) is 11.8. The lowest BCUT2D eigenvalue weighted by atomic mass is 10.1. The predicted molar refractivity (Wildman–Crippen MR) is 85.9 cm³/mol. The molecule has 2 aromatic carbocycles. The van der Waals surface area contributed by atoms with Gasteiger partial charge in [0.25, 0.3) is 0 Å². The van der Waals surface area contributed by atoms with Crippen LogP contribution in [-0.4, -0.2) is 12.1 Å². The normalized spacial score (nSPS) is 10.6. The molecule has 21 heavy (non-hydrogen) atoms. The molecule has 0 aliphatic heterocycles. The zero-order valence-electron chi connectivity index (χ0n) is 11.8. The molecule has 0 aliphatic carbocycles. The first kappa shape index (κ1) is 13.4. The summed E-state index contributed by atoms with van der Waals surface area (Å²) in [4.78, 5) is 4.42. The van der Waals surface area contributed by atoms with Crippen molar-refractivity contribution in [2.24, 2.45) is 5.73 Å². The van der Waals surface area contributed by atoms with Crippen molar-refractivity contribution in [3.05, 3.63) is 60.3 Å². The van der Waals surface area contributed by atoms with Gasteiger partial charge < -0.3 is 15.8 Å². The quantitative estimate of drug-likeness (QED) is 0.768. The minimum absolute atomic E-state index is 0.548. The summed E-state index contributed by atoms with van der Waals surface area (Å²) in [6.07, 6.45) is 1.79. The minimum Gasteiger partial charge on any atom is -0.497 e. The zero-order chi connectivity index (χ0) is 14.7. The predicted octanol–water partition coefficient (Wildman–Crippen LogP) is 3.45. The van der Waals surface area contributed by atoms with E-state index in [-0.39, 0.29) is 0 Å². The van der Waals surface area contributed by atoms with Crippen LogP contribution in [0.4, 0.5) is 11.5 Å². The van der Waals surface area contributed by atoms with E-state index < -0.39 is 0 Å². The first-order valence-corrected chi connectivity index (χ1v) is 6.79. The highest BCUT2D eigenvalue weighted by Gasteiger charge is 2.04. The van der Waals surface area contributed by atoms with Gasteiger partial charge in [-0.2, -0.15) is 0 Å². The number of rotatable bonds is 4. The molecule has 4 heteroatoms. The molecule has 0 unspecified atom stereocenters. The van der Waals surface area contributed by atoms with Crippen LogP contribution < -0.4 is 15.8 Å². The fourth-order valence-corrected chi connectivity index (χ4v) is 2.24. The third-order valence-corrected chi connectivity index (χ3v) is 3.42. The number of ether oxygens (including phenoxy) is 1. The average molecular weight is 279 g/mol. The molecule has 106 valence electrons. The number of fused-ring (bicyclic) bond motifs is 1. The van der Waals surface area contributed by atoms with Crippen LogP contribution in [-0.2, 0) is 6.54 Å². The molecule has 0 aliphatic rings. The van der Waals surface area contributed by atoms with E-state index in [0.717, 1.165) is 33.6 Å². The second-order valence-corrected chi connectivity index (χ2v) is 4.77. The molecular formula is C17H17N3O. The van der Waals surface area contributed by atoms with Gasteiger partial charge in [0.1, 0.15) is 11.6 Å². The average Bonchev–Trinajstić information content (AvgIpc) is 2.55. The molecule has 3 rings (SSSR count). The molecule has 0 bridgehead atoms. The molecule has 0 saturated heterocycles. The first-order chi connectivity index (χ1) is 10.3. The molecule has 1 aromatic heterocycles. The molecule has 0 spiro atoms. The van der Waals surface area contributed by atoms with Crippen molar-refractivity contribution >= 4 is 22.3 Å². The van der Waals surface area contributed by atoms with Gasteiger partial charge >= 0.3 is 0 Å². The van der Waals surface area contributed by atoms with Gasteiger partial charge in [-0.3, -0.25) is 0 Å². The van der Waals surface area contributed by atoms with E-state index in [1.807, 2.05) is 48.5 Å². The highest BCUT2D eigenvalue weighted by atomic mass is 16.5. The van der Waals surface area contributed by atoms with E-state index in [9.17, 15) is 0 Å². The number of benzene rings is 2. The maximum absolute atomic E-state index is 5.61. The Morgan fingerprint density at radius 2 is 1.90 bits per heavy atom. The Balaban J connectivity index is 1.95. The molecule has 0 radical (unpaired) electrons. The third-order valence-electron chi connectivity index (χ3n) is 3.42. The Hall–Kier alpha value is -2.59. The number of nitrogens with two attached hydrogens (primary N) is 1. The second kappa shape index (κ2) is 5.81. The van der Waals surface area contributed by atoms with E-state index in [0.29, 0.717) is 6.54 Å². The number of methoxy groups -OCH3 is 1. The lowest BCUT2D eigenvalue weighted by Crippen LogP contribution is -1.97. The lowest BCUT2D eigenvalue weighted by molar-refractivity contribution is 0.415. The Morgan fingerprint density at radius 1 is 1.10 bits per heavy atom. The van der Waals surface area contributed by atoms with Gasteiger partial charge in [0.2, 0.25) is 0 Å². The number of anilines is 2. The van der Waals surface area contributed by atoms with Crippen LogP contribution in [0, 0.1) is 0 Å². The molecule has 0 atom stereocenters. The summed E-state index contributed by atoms with van der Waals surface area (Å²) in [6, 6.07) is 16.0. The second-order valence-electron chi connectivity index (χ2n) is 4.77. The van der Waals surface area contributed by atoms with Crippen molar-refractivity contribution in [2.45, 2.75) is 6.54 Å². The van der Waals surface area contributed by atoms with Gasteiger partial charge in [0.15, 0.2) is 0 Å². The van der Waals surface area contributed by atoms with Gasteiger partial charge in [0, 0.05) is 23.8 Å². The molecule has 1 heterocycles. The van der Waals surface area contributed by atoms with Crippen LogP contribution in [0.25, 0.3) is 10.8 Å². The molecule has 3 N–H and O–H groups in total. The van der Waals surface area contributed by atoms with E-state index in [1.165, 1.54) is 0 Å². The van der Waals surface area contributed by atoms with E-state index >= 15 is 0 Å². The van der Waals surface area contributed by atoms with E-state index in [4.69, 9.17) is 10.5 Å². The maximum Gasteiger partial charge on any atom is 0.138 e. The molecule has 0 fully saturated rings. The van der Waals surface area contributed by atoms with Gasteiger partial charge in [-0.25, -0.2) is 4.98 Å². The molecule has 3 aromatic rings. The summed E-state index contributed by atoms with van der Waals surface area (Å²) in [5.74, 6) is 1.67. The van der Waals surface area contributed by atoms with Gasteiger partial charge in [-0.1, -0.05) is 12.1 Å². The molecule has 0 amide bonds. The smallest absolute Gasteiger partial charge is 0.138 e. The summed E-state index contributed by atoms with van der Waals surface area (Å²) in [7, 11) is 1.67. The van der Waals surface area contributed by atoms with Crippen molar-refractivity contribution in [1.82, 2.24) is 4.98 Å². The SMILES string of the molecule is COc1ccc2c(Nc3ccc(CN)cc3)nccc2c1. The number of aromatic nitrogens is 1. The highest BCUT2D eigenvalue weighted by molar-refractivity contribution is 5.94. The fourth-order valence-electron chi connectivity index (χ4n) is 2.24. The van der Waals surface area contributed by atoms with Gasteiger partial charge in [-0.05, 0) is 47.3 Å². The van der Waals surface area contributed by atoms with Crippen molar-refractivity contribution in [2.75, 3.05) is 12.4 Å². The van der Waals surface area contributed by atoms with Crippen LogP contribution in [0.1, 0.15) is 5.56 Å². The summed E-state index contributed by atoms with van der Waals surface area (Å²) < 4.78 is 5.25. The maximum atomic E-state index is 5.61. The number of hydrogen-bond acceptors (Lipinski definition) is 4. The van der Waals surface area contributed by atoms with Crippen LogP contribution in [0.2, 0.25) is 0 Å². The lowest BCUT2D eigenvalue weighted by Gasteiger charge is -2.10. The largest absolute Gasteiger partial charge is 0.497 e. The topological polar surface area (TPSA) is 60.2 Å². The molecular weight excluding hydrogens is 262 g/mol. The van der Waals surface area contributed by atoms with Crippen LogP contribution in [0.15, 0.2) is 54.7 Å². The van der Waals surface area contributed by atoms with E-state index in [1.54, 1.807) is 13.3 Å². The molecule has 4 nitrogen and oxygen atoms in total. The van der Waals surface area contributed by atoms with Crippen LogP contribution >= 0.6 is 0 Å². The van der Waals surface area contributed by atoms with Crippen molar-refractivity contribution in [1.29, 1.82) is 0 Å². The number of hydrogen-bond donors (Lipinski definition) is 2. The molecule has 0 saturated carbocycles. The fraction of sp³-hybridized carbons (Fsp3) is 0.118. The van der Waals surface area contributed by atoms with Crippen LogP contribution in [0.3, 0.4) is 0 Å². The minimum atomic E-state index is 0.548. The Morgan fingerprint density at radius 3 is 2.62 bits per heavy atom. The Bertz CT molecular complexity index is 754. The summed E-state index contributed by atoms with van der Waals surface area (Å²) in [5.41, 5.74) is 7.71. The number of nitrogens with zero attached hydrogens (tertiary/aromatic N) is 1. The van der Waals surface area contributed by atoms with Crippen LogP contribution in [0.5, 0.6) is 5.75 Å². The monoisotopic (exact) mass is 279 g/mol. The van der Waals surface area contributed by atoms with Crippen molar-refractivity contribution in [3.63, 3.8) is 0 Å². The number of pyridine rings is 1. The third kappa shape index (κ3) is 2.80. The Labute approximate surface area is 123 Å². The summed E-state index contributed by atoms with van der Waals surface area (Å²) >= 11 is 0. The van der Waals surface area contributed by atoms with Gasteiger partial charge in [-0.15, -0.1) is 0 Å². The first-order valence-electron chi connectivity index (χ1n) is 6.79. The van der Waals surface area contributed by atoms with Crippen molar-refractivity contribution in [3.8, 4) is 5.75 Å². The number of nitrogens with one attached hydrogen (secondary N) is 1. The van der Waals surface area contributed by atoms with Gasteiger partial charge in [0.05, 0.1) is 7.11 Å². The van der Waals surface area contributed by atoms with E-state index in [2.05, 4.69) is 10.3 Å². The summed E-state index contributed by atoms with van der Waals surface area (Å²) in [5, 5.41) is 5.49. The standard InChI is InChI=1S/C17H17N3O/c1-21-15-6-7-16-13(10-15)8-9-19-17(16)20-14-4-2-12(11-18)3-5-14/h2-10H,11,18H2,1H3,(H,19,20). The van der Waals surface area contributed by atoms with Crippen molar-refractivity contribution < 1.29 is 4.74 Å².